The maximum Gasteiger partial charge on any atom is 0.234 e. The normalized spacial score (nSPS) is 28.9. The van der Waals surface area contributed by atoms with E-state index < -0.39 is 0 Å². The Balaban J connectivity index is 1.72. The Morgan fingerprint density at radius 3 is 2.83 bits per heavy atom. The molecule has 2 atom stereocenters. The van der Waals surface area contributed by atoms with Crippen LogP contribution in [-0.4, -0.2) is 39.1 Å². The molecule has 2 aromatic heterocycles. The van der Waals surface area contributed by atoms with Crippen LogP contribution in [-0.2, 0) is 4.74 Å². The van der Waals surface area contributed by atoms with Crippen molar-refractivity contribution >= 4 is 16.3 Å². The second-order valence-corrected chi connectivity index (χ2v) is 6.12. The number of ether oxygens (including phenoxy) is 1. The van der Waals surface area contributed by atoms with E-state index >= 15 is 0 Å². The third kappa shape index (κ3) is 1.51. The molecule has 18 heavy (non-hydrogen) atoms. The lowest BCUT2D eigenvalue weighted by Crippen LogP contribution is -2.26. The highest BCUT2D eigenvalue weighted by molar-refractivity contribution is 7.16. The minimum absolute atomic E-state index is 0.0565. The van der Waals surface area contributed by atoms with Gasteiger partial charge in [0.25, 0.3) is 0 Å². The standard InChI is InChI=1S/C11H15N5OS/c12-8-5-17-4-7(8)10-15-16-9(6-2-1-3-6)13-14-11(16)18-10/h6-8H,1-5,12H2. The Morgan fingerprint density at radius 2 is 2.17 bits per heavy atom. The largest absolute Gasteiger partial charge is 0.379 e. The zero-order valence-corrected chi connectivity index (χ0v) is 10.8. The average molecular weight is 265 g/mol. The van der Waals surface area contributed by atoms with Gasteiger partial charge in [-0.15, -0.1) is 10.2 Å². The van der Waals surface area contributed by atoms with Crippen molar-refractivity contribution in [3.05, 3.63) is 10.8 Å². The summed E-state index contributed by atoms with van der Waals surface area (Å²) in [6, 6.07) is 0.0565. The molecule has 4 rings (SSSR count). The molecule has 1 aliphatic heterocycles. The van der Waals surface area contributed by atoms with E-state index in [1.807, 2.05) is 4.52 Å². The molecule has 0 bridgehead atoms. The van der Waals surface area contributed by atoms with Crippen LogP contribution in [0, 0.1) is 0 Å². The van der Waals surface area contributed by atoms with Gasteiger partial charge in [0.05, 0.1) is 19.1 Å². The zero-order chi connectivity index (χ0) is 12.1. The van der Waals surface area contributed by atoms with Crippen LogP contribution in [0.3, 0.4) is 0 Å². The first-order chi connectivity index (χ1) is 8.83. The van der Waals surface area contributed by atoms with E-state index in [2.05, 4.69) is 15.3 Å². The minimum atomic E-state index is 0.0565. The third-order valence-electron chi connectivity index (χ3n) is 3.94. The SMILES string of the molecule is NC1COCC1c1nn2c(C3CCC3)nnc2s1. The highest BCUT2D eigenvalue weighted by atomic mass is 32.1. The van der Waals surface area contributed by atoms with Crippen molar-refractivity contribution in [3.63, 3.8) is 0 Å². The number of rotatable bonds is 2. The van der Waals surface area contributed by atoms with Crippen molar-refractivity contribution in [2.24, 2.45) is 5.73 Å². The van der Waals surface area contributed by atoms with Gasteiger partial charge in [-0.25, -0.2) is 0 Å². The highest BCUT2D eigenvalue weighted by Gasteiger charge is 2.31. The van der Waals surface area contributed by atoms with Crippen LogP contribution >= 0.6 is 11.3 Å². The number of nitrogens with two attached hydrogens (primary N) is 1. The Kier molecular flexibility index (Phi) is 2.39. The van der Waals surface area contributed by atoms with Gasteiger partial charge in [-0.2, -0.15) is 9.61 Å². The molecule has 0 radical (unpaired) electrons. The number of hydrogen-bond donors (Lipinski definition) is 1. The van der Waals surface area contributed by atoms with E-state index in [1.165, 1.54) is 19.3 Å². The lowest BCUT2D eigenvalue weighted by Gasteiger charge is -2.22. The lowest BCUT2D eigenvalue weighted by atomic mass is 9.85. The van der Waals surface area contributed by atoms with E-state index in [9.17, 15) is 0 Å². The molecule has 2 aromatic rings. The van der Waals surface area contributed by atoms with E-state index in [4.69, 9.17) is 10.5 Å². The molecular formula is C11H15N5OS. The average Bonchev–Trinajstić information content (AvgIpc) is 2.92. The smallest absolute Gasteiger partial charge is 0.234 e. The molecule has 0 aromatic carbocycles. The Bertz CT molecular complexity index is 575. The molecule has 1 aliphatic carbocycles. The summed E-state index contributed by atoms with van der Waals surface area (Å²) in [6.45, 7) is 1.30. The number of nitrogens with zero attached hydrogens (tertiary/aromatic N) is 4. The predicted octanol–water partition coefficient (Wildman–Crippen LogP) is 0.894. The molecule has 7 heteroatoms. The molecule has 2 unspecified atom stereocenters. The summed E-state index contributed by atoms with van der Waals surface area (Å²) in [4.78, 5) is 0.881. The number of hydrogen-bond acceptors (Lipinski definition) is 6. The van der Waals surface area contributed by atoms with Gasteiger partial charge in [0.15, 0.2) is 5.82 Å². The van der Waals surface area contributed by atoms with Crippen LogP contribution in [0.1, 0.15) is 41.9 Å². The van der Waals surface area contributed by atoms with Gasteiger partial charge in [-0.1, -0.05) is 17.8 Å². The molecule has 2 N–H and O–H groups in total. The topological polar surface area (TPSA) is 78.3 Å². The minimum Gasteiger partial charge on any atom is -0.379 e. The number of aromatic nitrogens is 4. The zero-order valence-electron chi connectivity index (χ0n) is 9.95. The third-order valence-corrected chi connectivity index (χ3v) is 4.97. The molecule has 3 heterocycles. The van der Waals surface area contributed by atoms with Gasteiger partial charge in [0.1, 0.15) is 5.01 Å². The quantitative estimate of drug-likeness (QED) is 0.872. The van der Waals surface area contributed by atoms with Gasteiger partial charge in [0, 0.05) is 12.0 Å². The molecule has 96 valence electrons. The molecule has 2 fully saturated rings. The molecular weight excluding hydrogens is 250 g/mol. The van der Waals surface area contributed by atoms with Crippen LogP contribution < -0.4 is 5.73 Å². The van der Waals surface area contributed by atoms with Gasteiger partial charge in [0.2, 0.25) is 4.96 Å². The van der Waals surface area contributed by atoms with Crippen molar-refractivity contribution in [1.29, 1.82) is 0 Å². The monoisotopic (exact) mass is 265 g/mol. The van der Waals surface area contributed by atoms with Crippen molar-refractivity contribution < 1.29 is 4.74 Å². The van der Waals surface area contributed by atoms with Gasteiger partial charge in [-0.05, 0) is 12.8 Å². The van der Waals surface area contributed by atoms with Crippen LogP contribution in [0.25, 0.3) is 4.96 Å². The summed E-state index contributed by atoms with van der Waals surface area (Å²) in [5.74, 6) is 1.78. The second kappa shape index (κ2) is 3.97. The Hall–Kier alpha value is -1.05. The lowest BCUT2D eigenvalue weighted by molar-refractivity contribution is 0.191. The predicted molar refractivity (Wildman–Crippen MR) is 66.8 cm³/mol. The van der Waals surface area contributed by atoms with Crippen molar-refractivity contribution in [1.82, 2.24) is 19.8 Å². The van der Waals surface area contributed by atoms with Crippen LogP contribution in [0.2, 0.25) is 0 Å². The van der Waals surface area contributed by atoms with Crippen molar-refractivity contribution in [2.45, 2.75) is 37.1 Å². The maximum atomic E-state index is 6.03. The number of fused-ring (bicyclic) bond motifs is 1. The summed E-state index contributed by atoms with van der Waals surface area (Å²) in [5, 5.41) is 14.2. The van der Waals surface area contributed by atoms with E-state index in [0.717, 1.165) is 15.8 Å². The Morgan fingerprint density at radius 1 is 1.28 bits per heavy atom. The van der Waals surface area contributed by atoms with Gasteiger partial charge < -0.3 is 10.5 Å². The molecule has 0 spiro atoms. The fraction of sp³-hybridized carbons (Fsp3) is 0.727. The molecule has 0 amide bonds. The van der Waals surface area contributed by atoms with Gasteiger partial charge >= 0.3 is 0 Å². The summed E-state index contributed by atoms with van der Waals surface area (Å²) >= 11 is 1.59. The fourth-order valence-electron chi connectivity index (χ4n) is 2.54. The molecule has 2 aliphatic rings. The van der Waals surface area contributed by atoms with Gasteiger partial charge in [-0.3, -0.25) is 0 Å². The van der Waals surface area contributed by atoms with Crippen molar-refractivity contribution in [2.75, 3.05) is 13.2 Å². The van der Waals surface area contributed by atoms with E-state index in [0.29, 0.717) is 19.1 Å². The van der Waals surface area contributed by atoms with Crippen LogP contribution in [0.15, 0.2) is 0 Å². The maximum absolute atomic E-state index is 6.03. The summed E-state index contributed by atoms with van der Waals surface area (Å²) < 4.78 is 7.31. The van der Waals surface area contributed by atoms with Crippen LogP contribution in [0.5, 0.6) is 0 Å². The van der Waals surface area contributed by atoms with Crippen molar-refractivity contribution in [3.8, 4) is 0 Å². The highest BCUT2D eigenvalue weighted by Crippen LogP contribution is 2.36. The molecule has 6 nitrogen and oxygen atoms in total. The first-order valence-electron chi connectivity index (χ1n) is 6.38. The summed E-state index contributed by atoms with van der Waals surface area (Å²) in [5.41, 5.74) is 6.03. The Labute approximate surface area is 108 Å². The van der Waals surface area contributed by atoms with E-state index in [-0.39, 0.29) is 12.0 Å². The summed E-state index contributed by atoms with van der Waals surface area (Å²) in [6.07, 6.45) is 3.71. The molecule has 1 saturated carbocycles. The second-order valence-electron chi connectivity index (χ2n) is 5.13. The van der Waals surface area contributed by atoms with Crippen LogP contribution in [0.4, 0.5) is 0 Å². The first-order valence-corrected chi connectivity index (χ1v) is 7.20. The van der Waals surface area contributed by atoms with E-state index in [1.54, 1.807) is 11.3 Å². The fourth-order valence-corrected chi connectivity index (χ4v) is 3.55. The summed E-state index contributed by atoms with van der Waals surface area (Å²) in [7, 11) is 0. The first kappa shape index (κ1) is 10.8. The molecule has 1 saturated heterocycles.